The lowest BCUT2D eigenvalue weighted by Gasteiger charge is -2.09. The highest BCUT2D eigenvalue weighted by Crippen LogP contribution is 2.21. The molecular weight excluding hydrogens is 288 g/mol. The van der Waals surface area contributed by atoms with Crippen molar-refractivity contribution in [1.29, 1.82) is 0 Å². The van der Waals surface area contributed by atoms with E-state index < -0.39 is 0 Å². The Balaban J connectivity index is 1.94. The van der Waals surface area contributed by atoms with Crippen LogP contribution in [0, 0.1) is 13.8 Å². The van der Waals surface area contributed by atoms with E-state index in [4.69, 9.17) is 9.47 Å². The van der Waals surface area contributed by atoms with Gasteiger partial charge in [-0.15, -0.1) is 0 Å². The van der Waals surface area contributed by atoms with Crippen LogP contribution in [-0.4, -0.2) is 12.6 Å². The summed E-state index contributed by atoms with van der Waals surface area (Å²) in [7, 11) is 0. The van der Waals surface area contributed by atoms with E-state index in [-0.39, 0.29) is 5.97 Å². The van der Waals surface area contributed by atoms with Crippen LogP contribution in [0.3, 0.4) is 0 Å². The van der Waals surface area contributed by atoms with Gasteiger partial charge in [-0.25, -0.2) is 4.79 Å². The highest BCUT2D eigenvalue weighted by Gasteiger charge is 2.10. The fourth-order valence-corrected chi connectivity index (χ4v) is 2.30. The summed E-state index contributed by atoms with van der Waals surface area (Å²) in [6, 6.07) is 12.9. The second-order valence-electron chi connectivity index (χ2n) is 5.74. The minimum atomic E-state index is -0.352. The molecule has 0 heterocycles. The van der Waals surface area contributed by atoms with Gasteiger partial charge in [0.25, 0.3) is 0 Å². The van der Waals surface area contributed by atoms with Crippen molar-refractivity contribution < 1.29 is 14.3 Å². The molecule has 2 rings (SSSR count). The molecule has 0 unspecified atom stereocenters. The Kier molecular flexibility index (Phi) is 6.21. The maximum atomic E-state index is 12.2. The van der Waals surface area contributed by atoms with Crippen LogP contribution in [0.25, 0.3) is 0 Å². The lowest BCUT2D eigenvalue weighted by molar-refractivity contribution is 0.0733. The second-order valence-corrected chi connectivity index (χ2v) is 5.74. The van der Waals surface area contributed by atoms with Crippen LogP contribution < -0.4 is 9.47 Å². The van der Waals surface area contributed by atoms with Crippen molar-refractivity contribution in [2.24, 2.45) is 0 Å². The van der Waals surface area contributed by atoms with Gasteiger partial charge in [-0.2, -0.15) is 0 Å². The predicted molar refractivity (Wildman–Crippen MR) is 92.3 cm³/mol. The first-order chi connectivity index (χ1) is 11.1. The van der Waals surface area contributed by atoms with Crippen LogP contribution in [0.1, 0.15) is 47.7 Å². The van der Waals surface area contributed by atoms with E-state index in [1.165, 1.54) is 12.8 Å². The number of hydrogen-bond donors (Lipinski definition) is 0. The van der Waals surface area contributed by atoms with Crippen LogP contribution in [0.5, 0.6) is 11.5 Å². The third-order valence-electron chi connectivity index (χ3n) is 3.64. The molecule has 0 saturated heterocycles. The summed E-state index contributed by atoms with van der Waals surface area (Å²) in [5.41, 5.74) is 2.62. The molecule has 0 bridgehead atoms. The first-order valence-electron chi connectivity index (χ1n) is 8.12. The molecule has 0 amide bonds. The van der Waals surface area contributed by atoms with Gasteiger partial charge in [0.1, 0.15) is 11.5 Å². The van der Waals surface area contributed by atoms with Gasteiger partial charge in [-0.3, -0.25) is 0 Å². The van der Waals surface area contributed by atoms with Gasteiger partial charge in [0.05, 0.1) is 12.2 Å². The van der Waals surface area contributed by atoms with Crippen LogP contribution >= 0.6 is 0 Å². The number of aryl methyl sites for hydroxylation is 2. The second kappa shape index (κ2) is 8.37. The summed E-state index contributed by atoms with van der Waals surface area (Å²) in [5.74, 6) is 1.03. The van der Waals surface area contributed by atoms with Gasteiger partial charge in [-0.05, 0) is 56.2 Å². The van der Waals surface area contributed by atoms with Crippen molar-refractivity contribution in [3.05, 3.63) is 59.2 Å². The molecule has 0 radical (unpaired) electrons. The van der Waals surface area contributed by atoms with E-state index in [2.05, 4.69) is 6.92 Å². The zero-order valence-electron chi connectivity index (χ0n) is 14.1. The number of esters is 1. The lowest BCUT2D eigenvalue weighted by Crippen LogP contribution is -2.09. The number of carbonyl (C=O) groups excluding carboxylic acids is 1. The number of carbonyl (C=O) groups is 1. The van der Waals surface area contributed by atoms with Gasteiger partial charge >= 0.3 is 5.97 Å². The topological polar surface area (TPSA) is 35.5 Å². The molecular formula is C20H24O3. The predicted octanol–water partition coefficient (Wildman–Crippen LogP) is 5.09. The first-order valence-corrected chi connectivity index (χ1v) is 8.12. The summed E-state index contributed by atoms with van der Waals surface area (Å²) < 4.78 is 11.1. The molecule has 122 valence electrons. The average Bonchev–Trinajstić information content (AvgIpc) is 2.55. The molecule has 2 aromatic rings. The molecule has 0 N–H and O–H groups in total. The SMILES string of the molecule is CCCCCOc1ccc(C(=O)Oc2ccc(C)cc2C)cc1. The number of benzene rings is 2. The average molecular weight is 312 g/mol. The molecule has 0 atom stereocenters. The molecule has 0 aliphatic rings. The normalized spacial score (nSPS) is 10.4. The molecule has 3 nitrogen and oxygen atoms in total. The molecule has 0 spiro atoms. The van der Waals surface area contributed by atoms with E-state index in [0.717, 1.165) is 23.3 Å². The fraction of sp³-hybridized carbons (Fsp3) is 0.350. The third-order valence-corrected chi connectivity index (χ3v) is 3.64. The summed E-state index contributed by atoms with van der Waals surface area (Å²) in [6.07, 6.45) is 3.39. The van der Waals surface area contributed by atoms with Gasteiger partial charge in [-0.1, -0.05) is 37.5 Å². The molecule has 0 fully saturated rings. The molecule has 0 aliphatic carbocycles. The Labute approximate surface area is 138 Å². The first kappa shape index (κ1) is 17.1. The monoisotopic (exact) mass is 312 g/mol. The smallest absolute Gasteiger partial charge is 0.343 e. The van der Waals surface area contributed by atoms with E-state index >= 15 is 0 Å². The molecule has 2 aromatic carbocycles. The van der Waals surface area contributed by atoms with Crippen LogP contribution in [-0.2, 0) is 0 Å². The summed E-state index contributed by atoms with van der Waals surface area (Å²) in [6.45, 7) is 6.82. The van der Waals surface area contributed by atoms with Crippen molar-refractivity contribution in [3.63, 3.8) is 0 Å². The van der Waals surface area contributed by atoms with E-state index in [1.54, 1.807) is 12.1 Å². The summed E-state index contributed by atoms with van der Waals surface area (Å²) in [5, 5.41) is 0. The fourth-order valence-electron chi connectivity index (χ4n) is 2.30. The van der Waals surface area contributed by atoms with Gasteiger partial charge in [0.2, 0.25) is 0 Å². The van der Waals surface area contributed by atoms with Crippen LogP contribution in [0.2, 0.25) is 0 Å². The minimum Gasteiger partial charge on any atom is -0.494 e. The Morgan fingerprint density at radius 1 is 1.00 bits per heavy atom. The van der Waals surface area contributed by atoms with E-state index in [9.17, 15) is 4.79 Å². The summed E-state index contributed by atoms with van der Waals surface area (Å²) in [4.78, 5) is 12.2. The van der Waals surface area contributed by atoms with Crippen LogP contribution in [0.4, 0.5) is 0 Å². The lowest BCUT2D eigenvalue weighted by atomic mass is 10.1. The maximum Gasteiger partial charge on any atom is 0.343 e. The number of ether oxygens (including phenoxy) is 2. The van der Waals surface area contributed by atoms with Crippen molar-refractivity contribution in [1.82, 2.24) is 0 Å². The van der Waals surface area contributed by atoms with Gasteiger partial charge in [0.15, 0.2) is 0 Å². The van der Waals surface area contributed by atoms with E-state index in [1.807, 2.05) is 44.2 Å². The molecule has 0 aliphatic heterocycles. The zero-order chi connectivity index (χ0) is 16.7. The van der Waals surface area contributed by atoms with Gasteiger partial charge < -0.3 is 9.47 Å². The van der Waals surface area contributed by atoms with Crippen molar-refractivity contribution in [3.8, 4) is 11.5 Å². The Bertz CT molecular complexity index is 644. The number of rotatable bonds is 7. The Morgan fingerprint density at radius 3 is 2.39 bits per heavy atom. The Hall–Kier alpha value is -2.29. The molecule has 23 heavy (non-hydrogen) atoms. The molecule has 0 saturated carbocycles. The maximum absolute atomic E-state index is 12.2. The standard InChI is InChI=1S/C20H24O3/c1-4-5-6-13-22-18-10-8-17(9-11-18)20(21)23-19-12-7-15(2)14-16(19)3/h7-12,14H,4-6,13H2,1-3H3. The highest BCUT2D eigenvalue weighted by atomic mass is 16.5. The Morgan fingerprint density at radius 2 is 1.74 bits per heavy atom. The van der Waals surface area contributed by atoms with Crippen molar-refractivity contribution in [2.75, 3.05) is 6.61 Å². The van der Waals surface area contributed by atoms with E-state index in [0.29, 0.717) is 17.9 Å². The largest absolute Gasteiger partial charge is 0.494 e. The molecule has 3 heteroatoms. The van der Waals surface area contributed by atoms with Crippen LogP contribution in [0.15, 0.2) is 42.5 Å². The number of unbranched alkanes of at least 4 members (excludes halogenated alkanes) is 2. The van der Waals surface area contributed by atoms with Gasteiger partial charge in [0, 0.05) is 0 Å². The van der Waals surface area contributed by atoms with Crippen molar-refractivity contribution in [2.45, 2.75) is 40.0 Å². The van der Waals surface area contributed by atoms with Crippen molar-refractivity contribution >= 4 is 5.97 Å². The zero-order valence-corrected chi connectivity index (χ0v) is 14.1. The summed E-state index contributed by atoms with van der Waals surface area (Å²) >= 11 is 0. The molecule has 0 aromatic heterocycles. The number of hydrogen-bond acceptors (Lipinski definition) is 3. The highest BCUT2D eigenvalue weighted by molar-refractivity contribution is 5.91. The minimum absolute atomic E-state index is 0.352. The quantitative estimate of drug-likeness (QED) is 0.406. The third kappa shape index (κ3) is 5.13.